The molecule has 6 fully saturated rings. The van der Waals surface area contributed by atoms with Crippen molar-refractivity contribution in [1.82, 2.24) is 0 Å². The van der Waals surface area contributed by atoms with Crippen molar-refractivity contribution in [3.63, 3.8) is 0 Å². The third kappa shape index (κ3) is 11.8. The van der Waals surface area contributed by atoms with Gasteiger partial charge in [0.2, 0.25) is 0 Å². The molecule has 2 heterocycles. The molecule has 80 heavy (non-hydrogen) atoms. The number of carbonyl (C=O) groups excluding carboxylic acids is 2. The number of carboxylic acid groups (broad SMARTS) is 1. The average Bonchev–Trinajstić information content (AvgIpc) is 2.58. The van der Waals surface area contributed by atoms with E-state index in [9.17, 15) is 75.7 Å². The Morgan fingerprint density at radius 2 is 1.51 bits per heavy atom. The van der Waals surface area contributed by atoms with Crippen LogP contribution < -0.4 is 0 Å². The molecule has 0 bridgehead atoms. The minimum absolute atomic E-state index is 0.0142. The van der Waals surface area contributed by atoms with Gasteiger partial charge in [-0.15, -0.1) is 0 Å². The average molecular weight is 1140 g/mol. The monoisotopic (exact) mass is 1140 g/mol. The third-order valence-electron chi connectivity index (χ3n) is 19.3. The van der Waals surface area contributed by atoms with Gasteiger partial charge in [0.15, 0.2) is 25.0 Å². The van der Waals surface area contributed by atoms with Crippen LogP contribution in [-0.4, -0.2) is 245 Å². The highest BCUT2D eigenvalue weighted by Crippen LogP contribution is 2.75. The lowest BCUT2D eigenvalue weighted by Gasteiger charge is -2.70. The van der Waals surface area contributed by atoms with Crippen molar-refractivity contribution in [1.29, 1.82) is 0 Å². The molecule has 19 unspecified atom stereocenters. The van der Waals surface area contributed by atoms with E-state index in [0.717, 1.165) is 6.92 Å². The van der Waals surface area contributed by atoms with Crippen molar-refractivity contribution in [3.05, 3.63) is 23.3 Å². The maximum atomic E-state index is 14.0. The van der Waals surface area contributed by atoms with E-state index in [1.165, 1.54) is 6.92 Å². The summed E-state index contributed by atoms with van der Waals surface area (Å²) in [6, 6.07) is 0. The highest BCUT2D eigenvalue weighted by atomic mass is 32.1. The van der Waals surface area contributed by atoms with E-state index in [0.29, 0.717) is 12.0 Å². The summed E-state index contributed by atoms with van der Waals surface area (Å²) in [4.78, 5) is 40.0. The quantitative estimate of drug-likeness (QED) is 0.0156. The second-order valence-corrected chi connectivity index (χ2v) is 24.7. The molecule has 2 saturated heterocycles. The van der Waals surface area contributed by atoms with Gasteiger partial charge in [-0.05, 0) is 76.9 Å². The number of esters is 1. The standard InChI is InChI=1S/C53H80B4O22S/c1-7-20(3)28(61)15-26-44(79-46(72)21(4)8-2)53(57,80)16-27-24-9-10-32-51(55)14-12-30(34(54)25(51)11-13-52(32,56)33(24)37(65)43(69)50(26,27)19-59)75-49(74-23(6)45(70)71)42(78-48-40(68)38(66)36(64)31(17-58)76-48)41(22(5)60)77-47-39(67)35(63)29(62)18-73-47/h8-9,20,22-23,25-27,29-44,47-49,58-60,62-69,80H,7,10-19H2,1-6H3,(H,70,71)/b21-8-/t20?,22?,23?,25?,26-,27?,29?,30-,31?,32?,33?,34+,35?,36?,37+,38?,39?,40?,41?,42?,43+,44-,47?,48?,49?,50-,51+,52-,53+/m0/s1. The number of aliphatic hydroxyl groups excluding tert-OH is 11. The van der Waals surface area contributed by atoms with E-state index in [-0.39, 0.29) is 56.3 Å². The number of allylic oxidation sites excluding steroid dienone is 2. The Morgan fingerprint density at radius 1 is 0.875 bits per heavy atom. The molecule has 442 valence electrons. The van der Waals surface area contributed by atoms with E-state index in [1.807, 2.05) is 13.0 Å². The molecule has 0 aromatic heterocycles. The summed E-state index contributed by atoms with van der Waals surface area (Å²) in [5, 5.41) is 130. The molecule has 29 atom stereocenters. The number of ether oxygens (including phenoxy) is 7. The summed E-state index contributed by atoms with van der Waals surface area (Å²) in [5.41, 5.74) is -0.848. The first-order valence-electron chi connectivity index (χ1n) is 27.8. The van der Waals surface area contributed by atoms with Crippen LogP contribution in [0.1, 0.15) is 92.9 Å². The van der Waals surface area contributed by atoms with Gasteiger partial charge in [-0.25, -0.2) is 9.59 Å². The number of rotatable bonds is 20. The van der Waals surface area contributed by atoms with Crippen molar-refractivity contribution < 1.29 is 109 Å². The molecular formula is C53H80B4O22S. The maximum absolute atomic E-state index is 14.0. The summed E-state index contributed by atoms with van der Waals surface area (Å²) < 4.78 is 40.5. The highest BCUT2D eigenvalue weighted by Gasteiger charge is 2.71. The molecule has 0 amide bonds. The SMILES string of the molecule is [B][C@@H]1C2CC[C@@]3([B])C4C(=CCC3[C@@]2([B])CC[C@@H]1OC(OC(C)C(=O)O)C(OC1OC(CO)C(O)C(O)C1O)C(OC1OCC(O)C(O)C1O)C(C)O)C1C[C@@]([B])(S)[C@@H](OC(=O)/C(C)=C\C)[C@H](CC(=O)C(C)CC)[C@]1(CO)[C@H](O)[C@@H]4O. The molecule has 22 nitrogen and oxygen atoms in total. The molecule has 0 aromatic carbocycles. The van der Waals surface area contributed by atoms with Crippen molar-refractivity contribution in [2.24, 2.45) is 40.9 Å². The Balaban J connectivity index is 1.23. The Kier molecular flexibility index (Phi) is 20.9. The van der Waals surface area contributed by atoms with Crippen LogP contribution in [0.3, 0.4) is 0 Å². The molecule has 0 aromatic rings. The Morgan fingerprint density at radius 3 is 2.11 bits per heavy atom. The van der Waals surface area contributed by atoms with Gasteiger partial charge in [-0.2, -0.15) is 12.6 Å². The van der Waals surface area contributed by atoms with Crippen LogP contribution in [0, 0.1) is 40.9 Å². The van der Waals surface area contributed by atoms with Gasteiger partial charge in [-0.1, -0.05) is 61.5 Å². The Labute approximate surface area is 477 Å². The van der Waals surface area contributed by atoms with E-state index < -0.39 is 204 Å². The zero-order chi connectivity index (χ0) is 59.5. The lowest BCUT2D eigenvalue weighted by atomic mass is 9.28. The summed E-state index contributed by atoms with van der Waals surface area (Å²) in [5.74, 6) is -8.18. The van der Waals surface area contributed by atoms with Crippen LogP contribution >= 0.6 is 12.6 Å². The number of hydrogen-bond donors (Lipinski definition) is 13. The van der Waals surface area contributed by atoms with Crippen molar-refractivity contribution in [3.8, 4) is 0 Å². The molecule has 27 heteroatoms. The van der Waals surface area contributed by atoms with Gasteiger partial charge in [0.05, 0.1) is 75.6 Å². The molecule has 5 aliphatic carbocycles. The predicted octanol–water partition coefficient (Wildman–Crippen LogP) is -2.02. The Hall–Kier alpha value is -1.98. The number of hydrogen-bond acceptors (Lipinski definition) is 22. The lowest BCUT2D eigenvalue weighted by Crippen LogP contribution is -2.72. The summed E-state index contributed by atoms with van der Waals surface area (Å²) >= 11 is 4.92. The Bertz CT molecular complexity index is 2250. The van der Waals surface area contributed by atoms with Crippen molar-refractivity contribution in [2.75, 3.05) is 19.8 Å². The number of fused-ring (bicyclic) bond motifs is 7. The van der Waals surface area contributed by atoms with Crippen LogP contribution in [0.4, 0.5) is 0 Å². The number of thiol groups is 1. The number of aliphatic carboxylic acids is 1. The first-order valence-corrected chi connectivity index (χ1v) is 28.2. The number of Topliss-reactive ketones (excluding diaryl/α,β-unsaturated/α-hetero) is 1. The van der Waals surface area contributed by atoms with Gasteiger partial charge < -0.3 is 94.4 Å². The molecule has 7 aliphatic rings. The molecule has 7 rings (SSSR count). The fourth-order valence-corrected chi connectivity index (χ4v) is 14.7. The van der Waals surface area contributed by atoms with Gasteiger partial charge in [0.1, 0.15) is 66.8 Å². The van der Waals surface area contributed by atoms with Gasteiger partial charge in [0.25, 0.3) is 0 Å². The summed E-state index contributed by atoms with van der Waals surface area (Å²) in [6.07, 6.45) is -27.2. The lowest BCUT2D eigenvalue weighted by molar-refractivity contribution is -0.366. The summed E-state index contributed by atoms with van der Waals surface area (Å²) in [6.45, 7) is 6.97. The van der Waals surface area contributed by atoms with Gasteiger partial charge in [-0.3, -0.25) is 4.79 Å². The van der Waals surface area contributed by atoms with Crippen LogP contribution in [0.25, 0.3) is 0 Å². The highest BCUT2D eigenvalue weighted by molar-refractivity contribution is 7.83. The molecule has 4 saturated carbocycles. The fourth-order valence-electron chi connectivity index (χ4n) is 14.3. The number of aliphatic hydroxyl groups is 11. The predicted molar refractivity (Wildman–Crippen MR) is 287 cm³/mol. The first-order chi connectivity index (χ1) is 37.4. The van der Waals surface area contributed by atoms with E-state index >= 15 is 0 Å². The van der Waals surface area contributed by atoms with Crippen LogP contribution in [0.5, 0.6) is 0 Å². The van der Waals surface area contributed by atoms with Crippen LogP contribution in [0.2, 0.25) is 16.4 Å². The topological polar surface area (TPSA) is 359 Å². The summed E-state index contributed by atoms with van der Waals surface area (Å²) in [7, 11) is 29.5. The van der Waals surface area contributed by atoms with Crippen molar-refractivity contribution in [2.45, 2.75) is 224 Å². The normalized spacial score (nSPS) is 46.1. The molecule has 12 N–H and O–H groups in total. The molecule has 8 radical (unpaired) electrons. The molecule has 0 spiro atoms. The van der Waals surface area contributed by atoms with Crippen molar-refractivity contribution >= 4 is 61.7 Å². The van der Waals surface area contributed by atoms with Gasteiger partial charge in [0, 0.05) is 39.8 Å². The second-order valence-electron chi connectivity index (χ2n) is 23.8. The smallest absolute Gasteiger partial charge is 0.333 e. The van der Waals surface area contributed by atoms with Crippen LogP contribution in [0.15, 0.2) is 23.3 Å². The largest absolute Gasteiger partial charge is 0.479 e. The molecule has 2 aliphatic heterocycles. The zero-order valence-corrected chi connectivity index (χ0v) is 47.0. The van der Waals surface area contributed by atoms with Crippen LogP contribution in [-0.2, 0) is 47.5 Å². The zero-order valence-electron chi connectivity index (χ0n) is 46.1. The number of carbonyl (C=O) groups is 3. The first kappa shape index (κ1) is 65.6. The van der Waals surface area contributed by atoms with E-state index in [4.69, 9.17) is 77.2 Å². The molecular weight excluding hydrogens is 1060 g/mol. The number of ketones is 1. The second kappa shape index (κ2) is 25.5. The minimum atomic E-state index is -2.07. The minimum Gasteiger partial charge on any atom is -0.479 e. The van der Waals surface area contributed by atoms with E-state index in [2.05, 4.69) is 0 Å². The fraction of sp³-hybridized carbons (Fsp3) is 0.868. The van der Waals surface area contributed by atoms with E-state index in [1.54, 1.807) is 26.8 Å². The maximum Gasteiger partial charge on any atom is 0.333 e. The van der Waals surface area contributed by atoms with Gasteiger partial charge >= 0.3 is 11.9 Å². The third-order valence-corrected chi connectivity index (χ3v) is 19.7. The number of carboxylic acids is 1.